The molecule has 0 atom stereocenters. The van der Waals surface area contributed by atoms with E-state index in [0.717, 1.165) is 63.5 Å². The van der Waals surface area contributed by atoms with E-state index in [1.54, 1.807) is 6.07 Å². The van der Waals surface area contributed by atoms with Gasteiger partial charge in [-0.15, -0.1) is 0 Å². The molecule has 0 spiro atoms. The number of rotatable bonds is 11. The number of carbonyl (C=O) groups excluding carboxylic acids is 2. The Morgan fingerprint density at radius 1 is 0.850 bits per heavy atom. The van der Waals surface area contributed by atoms with Crippen LogP contribution in [0.3, 0.4) is 0 Å². The molecule has 2 amide bonds. The molecule has 0 radical (unpaired) electrons. The van der Waals surface area contributed by atoms with Crippen molar-refractivity contribution in [3.8, 4) is 0 Å². The second-order valence-electron chi connectivity index (χ2n) is 9.84. The molecule has 0 aliphatic heterocycles. The minimum absolute atomic E-state index is 0.0630. The maximum atomic E-state index is 12.6. The summed E-state index contributed by atoms with van der Waals surface area (Å²) in [6, 6.07) is 19.7. The van der Waals surface area contributed by atoms with Gasteiger partial charge < -0.3 is 0 Å². The molecule has 0 saturated heterocycles. The van der Waals surface area contributed by atoms with E-state index in [2.05, 4.69) is 37.1 Å². The molecule has 5 aromatic rings. The van der Waals surface area contributed by atoms with Crippen LogP contribution in [-0.4, -0.2) is 51.3 Å². The van der Waals surface area contributed by atoms with Crippen molar-refractivity contribution < 1.29 is 9.59 Å². The Kier molecular flexibility index (Phi) is 8.78. The van der Waals surface area contributed by atoms with Crippen LogP contribution in [0.15, 0.2) is 66.9 Å². The second-order valence-corrected chi connectivity index (χ2v) is 12.1. The van der Waals surface area contributed by atoms with Crippen molar-refractivity contribution >= 4 is 47.7 Å². The molecule has 0 saturated carbocycles. The first-order chi connectivity index (χ1) is 19.4. The number of nitrogens with zero attached hydrogens (tertiary/aromatic N) is 5. The Labute approximate surface area is 238 Å². The van der Waals surface area contributed by atoms with Gasteiger partial charge in [-0.3, -0.25) is 0 Å². The van der Waals surface area contributed by atoms with Crippen LogP contribution in [-0.2, 0) is 42.3 Å². The predicted octanol–water partition coefficient (Wildman–Crippen LogP) is 4.05. The van der Waals surface area contributed by atoms with E-state index in [-0.39, 0.29) is 26.3 Å². The standard InChI is InChI=1S/C30H31N7O2Se/c1-20-8-7-9-21(16-20)17-27(38)31-26-15-14-23(33-34-26)10-3-6-13-29-35-36-30(40-29)32-28(39)18-22-19-37(2)25-12-5-4-11-24(22)25/h4-5,7-9,11-12,14-16,19H,3,6,10,13,17-18H2,1-2H3,(H,31,34,38)(H,32,36,39). The number of benzene rings is 2. The molecule has 0 aliphatic rings. The summed E-state index contributed by atoms with van der Waals surface area (Å²) in [5.74, 6) is 0.275. The number of unbranched alkanes of at least 4 members (excludes halogenated alkanes) is 1. The minimum Gasteiger partial charge on any atom is -0.0556 e. The number of aromatic nitrogens is 5. The Bertz CT molecular complexity index is 1620. The van der Waals surface area contributed by atoms with E-state index in [0.29, 0.717) is 23.4 Å². The van der Waals surface area contributed by atoms with Gasteiger partial charge in [0.15, 0.2) is 0 Å². The summed E-state index contributed by atoms with van der Waals surface area (Å²) in [5.41, 5.74) is 5.09. The van der Waals surface area contributed by atoms with Crippen LogP contribution in [0.4, 0.5) is 10.5 Å². The molecule has 0 fully saturated rings. The molecule has 3 heterocycles. The zero-order chi connectivity index (χ0) is 27.9. The Hall–Kier alpha value is -4.14. The van der Waals surface area contributed by atoms with Crippen LogP contribution in [0, 0.1) is 6.92 Å². The summed E-state index contributed by atoms with van der Waals surface area (Å²) in [7, 11) is 1.99. The van der Waals surface area contributed by atoms with Crippen molar-refractivity contribution in [1.29, 1.82) is 0 Å². The number of hydrogen-bond donors (Lipinski definition) is 2. The van der Waals surface area contributed by atoms with Crippen molar-refractivity contribution in [2.24, 2.45) is 7.05 Å². The van der Waals surface area contributed by atoms with Gasteiger partial charge in [-0.05, 0) is 12.5 Å². The summed E-state index contributed by atoms with van der Waals surface area (Å²) in [6.45, 7) is 2.01. The van der Waals surface area contributed by atoms with Crippen molar-refractivity contribution in [2.45, 2.75) is 45.4 Å². The zero-order valence-corrected chi connectivity index (χ0v) is 24.3. The topological polar surface area (TPSA) is 115 Å². The fourth-order valence-corrected chi connectivity index (χ4v) is 6.32. The molecule has 2 N–H and O–H groups in total. The molecule has 0 aliphatic carbocycles. The number of hydrogen-bond acceptors (Lipinski definition) is 6. The van der Waals surface area contributed by atoms with Gasteiger partial charge in [-0.2, -0.15) is 0 Å². The van der Waals surface area contributed by atoms with Crippen LogP contribution in [0.2, 0.25) is 0 Å². The van der Waals surface area contributed by atoms with Crippen molar-refractivity contribution in [3.63, 3.8) is 0 Å². The molecule has 0 bridgehead atoms. The molecule has 2 aromatic carbocycles. The van der Waals surface area contributed by atoms with E-state index >= 15 is 0 Å². The molecule has 10 heteroatoms. The van der Waals surface area contributed by atoms with Crippen LogP contribution < -0.4 is 10.6 Å². The van der Waals surface area contributed by atoms with E-state index in [9.17, 15) is 9.59 Å². The summed E-state index contributed by atoms with van der Waals surface area (Å²) in [5, 5.41) is 23.8. The predicted molar refractivity (Wildman–Crippen MR) is 156 cm³/mol. The van der Waals surface area contributed by atoms with Gasteiger partial charge in [0, 0.05) is 0 Å². The number of fused-ring (bicyclic) bond motifs is 1. The van der Waals surface area contributed by atoms with Gasteiger partial charge in [-0.25, -0.2) is 0 Å². The average molecular weight is 601 g/mol. The molecular formula is C30H31N7O2Se. The van der Waals surface area contributed by atoms with Crippen molar-refractivity contribution in [3.05, 3.63) is 93.8 Å². The third-order valence-corrected chi connectivity index (χ3v) is 8.44. The van der Waals surface area contributed by atoms with Gasteiger partial charge in [0.2, 0.25) is 0 Å². The summed E-state index contributed by atoms with van der Waals surface area (Å²) >= 11 is -0.0630. The monoisotopic (exact) mass is 601 g/mol. The van der Waals surface area contributed by atoms with Gasteiger partial charge in [0.1, 0.15) is 0 Å². The molecular weight excluding hydrogens is 569 g/mol. The maximum Gasteiger partial charge on any atom is -0.0556 e. The molecule has 5 rings (SSSR count). The van der Waals surface area contributed by atoms with Crippen molar-refractivity contribution in [2.75, 3.05) is 10.6 Å². The van der Waals surface area contributed by atoms with Crippen LogP contribution in [0.1, 0.15) is 39.8 Å². The zero-order valence-electron chi connectivity index (χ0n) is 22.6. The first-order valence-corrected chi connectivity index (χ1v) is 15.0. The maximum absolute atomic E-state index is 12.6. The number of para-hydroxylation sites is 1. The third-order valence-electron chi connectivity index (χ3n) is 6.55. The van der Waals surface area contributed by atoms with E-state index < -0.39 is 0 Å². The molecule has 0 unspecified atom stereocenters. The number of aryl methyl sites for hydroxylation is 4. The molecule has 40 heavy (non-hydrogen) atoms. The number of amides is 2. The first-order valence-electron chi connectivity index (χ1n) is 13.3. The smallest absolute Gasteiger partial charge is 0.0556 e. The Morgan fingerprint density at radius 3 is 2.50 bits per heavy atom. The SMILES string of the molecule is Cc1cccc(CC(=O)Nc2ccc(CCCCc3nnc(NC(=O)Cc4cn(C)c5ccccc45)[se]3)nn2)c1. The fraction of sp³-hybridized carbons (Fsp3) is 0.267. The van der Waals surface area contributed by atoms with Gasteiger partial charge in [0.05, 0.1) is 0 Å². The van der Waals surface area contributed by atoms with E-state index in [1.807, 2.05) is 73.3 Å². The summed E-state index contributed by atoms with van der Waals surface area (Å²) < 4.78 is 3.74. The number of nitrogens with one attached hydrogen (secondary N) is 2. The first kappa shape index (κ1) is 27.4. The summed E-state index contributed by atoms with van der Waals surface area (Å²) in [6.07, 6.45) is 6.13. The Balaban J connectivity index is 1.03. The quantitative estimate of drug-likeness (QED) is 0.175. The summed E-state index contributed by atoms with van der Waals surface area (Å²) in [4.78, 5) is 24.9. The van der Waals surface area contributed by atoms with E-state index in [1.165, 1.54) is 0 Å². The van der Waals surface area contributed by atoms with E-state index in [4.69, 9.17) is 0 Å². The van der Waals surface area contributed by atoms with Crippen LogP contribution in [0.5, 0.6) is 0 Å². The van der Waals surface area contributed by atoms with Gasteiger partial charge >= 0.3 is 197 Å². The minimum atomic E-state index is -0.113. The normalized spacial score (nSPS) is 11.1. The average Bonchev–Trinajstić information content (AvgIpc) is 3.51. The largest absolute Gasteiger partial charge is 0.0556 e. The molecule has 3 aromatic heterocycles. The Morgan fingerprint density at radius 2 is 1.68 bits per heavy atom. The second kappa shape index (κ2) is 12.8. The fourth-order valence-electron chi connectivity index (χ4n) is 4.64. The molecule has 204 valence electrons. The van der Waals surface area contributed by atoms with Crippen molar-refractivity contribution in [1.82, 2.24) is 25.0 Å². The third kappa shape index (κ3) is 7.28. The molecule has 9 nitrogen and oxygen atoms in total. The van der Waals surface area contributed by atoms with Gasteiger partial charge in [-0.1, -0.05) is 29.8 Å². The van der Waals surface area contributed by atoms with Gasteiger partial charge in [0.25, 0.3) is 0 Å². The number of carbonyl (C=O) groups is 2. The van der Waals surface area contributed by atoms with Crippen LogP contribution >= 0.6 is 0 Å². The number of anilines is 2. The van der Waals surface area contributed by atoms with Crippen LogP contribution in [0.25, 0.3) is 10.9 Å².